The van der Waals surface area contributed by atoms with Crippen LogP contribution < -0.4 is 0 Å². The van der Waals surface area contributed by atoms with Crippen molar-refractivity contribution in [3.63, 3.8) is 0 Å². The van der Waals surface area contributed by atoms with E-state index in [-0.39, 0.29) is 22.9 Å². The van der Waals surface area contributed by atoms with E-state index in [1.165, 1.54) is 37.8 Å². The van der Waals surface area contributed by atoms with Crippen molar-refractivity contribution in [1.29, 1.82) is 0 Å². The number of carbonyl (C=O) groups excluding carboxylic acids is 1. The van der Waals surface area contributed by atoms with E-state index in [0.29, 0.717) is 54.1 Å². The maximum Gasteiger partial charge on any atom is 0.186 e. The second kappa shape index (κ2) is 11.2. The summed E-state index contributed by atoms with van der Waals surface area (Å²) >= 11 is 0. The molecule has 1 saturated heterocycles. The van der Waals surface area contributed by atoms with Crippen LogP contribution in [0, 0.1) is 52.3 Å². The van der Waals surface area contributed by atoms with Crippen LogP contribution in [0.1, 0.15) is 91.9 Å². The van der Waals surface area contributed by atoms with Crippen LogP contribution in [-0.2, 0) is 14.3 Å². The predicted octanol–water partition coefficient (Wildman–Crippen LogP) is 3.52. The van der Waals surface area contributed by atoms with Gasteiger partial charge in [-0.3, -0.25) is 9.79 Å². The SMILES string of the molecule is CC1CCC(C(C)C2CCC3C4CC(=O)C5CC(OC6OC(CO)C(O)C(O)C6O)CCC5(C)C4CCC23C)=NC1. The maximum atomic E-state index is 13.9. The number of hydrogen-bond acceptors (Lipinski definition) is 8. The van der Waals surface area contributed by atoms with Gasteiger partial charge in [-0.05, 0) is 104 Å². The lowest BCUT2D eigenvalue weighted by Gasteiger charge is -2.60. The zero-order chi connectivity index (χ0) is 29.3. The summed E-state index contributed by atoms with van der Waals surface area (Å²) in [5.74, 6) is 3.77. The minimum atomic E-state index is -1.46. The summed E-state index contributed by atoms with van der Waals surface area (Å²) in [5, 5.41) is 40.4. The number of nitrogens with zero attached hydrogens (tertiary/aromatic N) is 1. The van der Waals surface area contributed by atoms with Gasteiger partial charge in [-0.25, -0.2) is 0 Å². The molecule has 0 aromatic carbocycles. The summed E-state index contributed by atoms with van der Waals surface area (Å²) in [6, 6.07) is 0. The molecule has 0 aromatic rings. The van der Waals surface area contributed by atoms with Gasteiger partial charge < -0.3 is 29.9 Å². The average Bonchev–Trinajstić information content (AvgIpc) is 3.31. The van der Waals surface area contributed by atoms with Gasteiger partial charge >= 0.3 is 0 Å². The molecule has 0 aromatic heterocycles. The monoisotopic (exact) mass is 575 g/mol. The van der Waals surface area contributed by atoms with Crippen molar-refractivity contribution in [2.75, 3.05) is 13.2 Å². The first-order valence-electron chi connectivity index (χ1n) is 16.5. The van der Waals surface area contributed by atoms with E-state index < -0.39 is 37.3 Å². The van der Waals surface area contributed by atoms with Crippen molar-refractivity contribution < 1.29 is 34.7 Å². The first-order chi connectivity index (χ1) is 19.5. The van der Waals surface area contributed by atoms with Crippen LogP contribution in [0.25, 0.3) is 0 Å². The van der Waals surface area contributed by atoms with Crippen molar-refractivity contribution in [2.24, 2.45) is 57.2 Å². The van der Waals surface area contributed by atoms with Gasteiger partial charge in [0.15, 0.2) is 6.29 Å². The average molecular weight is 576 g/mol. The van der Waals surface area contributed by atoms with Crippen LogP contribution in [0.15, 0.2) is 4.99 Å². The van der Waals surface area contributed by atoms with Gasteiger partial charge in [0.25, 0.3) is 0 Å². The summed E-state index contributed by atoms with van der Waals surface area (Å²) in [5.41, 5.74) is 1.67. The molecule has 232 valence electrons. The second-order valence-electron chi connectivity index (χ2n) is 15.3. The molecule has 2 aliphatic heterocycles. The number of aliphatic hydroxyl groups is 4. The Bertz CT molecular complexity index is 1020. The van der Waals surface area contributed by atoms with Gasteiger partial charge in [-0.2, -0.15) is 0 Å². The predicted molar refractivity (Wildman–Crippen MR) is 154 cm³/mol. The number of ketones is 1. The molecule has 4 N–H and O–H groups in total. The number of aliphatic hydroxyl groups excluding tert-OH is 4. The number of hydrogen-bond donors (Lipinski definition) is 4. The number of carbonyl (C=O) groups is 1. The third-order valence-electron chi connectivity index (χ3n) is 13.3. The molecular formula is C33H53NO7. The van der Waals surface area contributed by atoms with E-state index in [1.807, 2.05) is 0 Å². The molecule has 0 radical (unpaired) electrons. The lowest BCUT2D eigenvalue weighted by Crippen LogP contribution is -2.61. The van der Waals surface area contributed by atoms with Crippen LogP contribution in [0.2, 0.25) is 0 Å². The Balaban J connectivity index is 1.14. The Morgan fingerprint density at radius 2 is 1.73 bits per heavy atom. The topological polar surface area (TPSA) is 129 Å². The van der Waals surface area contributed by atoms with E-state index in [4.69, 9.17) is 14.5 Å². The number of Topliss-reactive ketones (excluding diaryl/α,β-unsaturated/α-hetero) is 1. The van der Waals surface area contributed by atoms with E-state index in [2.05, 4.69) is 27.7 Å². The summed E-state index contributed by atoms with van der Waals surface area (Å²) in [6.45, 7) is 10.1. The molecule has 6 rings (SSSR count). The van der Waals surface area contributed by atoms with Gasteiger partial charge in [0.2, 0.25) is 0 Å². The van der Waals surface area contributed by atoms with E-state index in [1.54, 1.807) is 0 Å². The highest BCUT2D eigenvalue weighted by atomic mass is 16.7. The molecular weight excluding hydrogens is 522 g/mol. The molecule has 15 atom stereocenters. The van der Waals surface area contributed by atoms with Gasteiger partial charge in [0, 0.05) is 24.6 Å². The molecule has 2 heterocycles. The molecule has 5 fully saturated rings. The van der Waals surface area contributed by atoms with Crippen LogP contribution in [-0.4, -0.2) is 81.9 Å². The molecule has 0 amide bonds. The van der Waals surface area contributed by atoms with Gasteiger partial charge in [-0.1, -0.05) is 27.7 Å². The van der Waals surface area contributed by atoms with E-state index >= 15 is 0 Å². The zero-order valence-corrected chi connectivity index (χ0v) is 25.5. The number of fused-ring (bicyclic) bond motifs is 5. The lowest BCUT2D eigenvalue weighted by atomic mass is 9.44. The summed E-state index contributed by atoms with van der Waals surface area (Å²) in [7, 11) is 0. The zero-order valence-electron chi connectivity index (χ0n) is 25.5. The summed E-state index contributed by atoms with van der Waals surface area (Å²) in [6.07, 6.45) is 3.53. The first-order valence-corrected chi connectivity index (χ1v) is 16.5. The molecule has 0 bridgehead atoms. The smallest absolute Gasteiger partial charge is 0.186 e. The standard InChI is InChI=1S/C33H53NO7/c1-17-5-8-25(34-15-17)18(2)21-6-7-22-20-14-26(36)24-13-19(9-11-33(24,4)23(20)10-12-32(21,22)3)40-31-30(39)29(38)28(37)27(16-35)41-31/h17-24,27-31,35,37-39H,5-16H2,1-4H3. The molecule has 4 saturated carbocycles. The van der Waals surface area contributed by atoms with Crippen LogP contribution >= 0.6 is 0 Å². The highest BCUT2D eigenvalue weighted by Crippen LogP contribution is 2.68. The highest BCUT2D eigenvalue weighted by molar-refractivity contribution is 5.87. The Morgan fingerprint density at radius 1 is 1.00 bits per heavy atom. The fraction of sp³-hybridized carbons (Fsp3) is 0.939. The fourth-order valence-electron chi connectivity index (χ4n) is 10.8. The summed E-state index contributed by atoms with van der Waals surface area (Å²) in [4.78, 5) is 18.9. The third-order valence-corrected chi connectivity index (χ3v) is 13.3. The van der Waals surface area contributed by atoms with Gasteiger partial charge in [0.1, 0.15) is 30.2 Å². The Kier molecular flexibility index (Phi) is 8.25. The minimum Gasteiger partial charge on any atom is -0.394 e. The van der Waals surface area contributed by atoms with E-state index in [0.717, 1.165) is 25.8 Å². The van der Waals surface area contributed by atoms with E-state index in [9.17, 15) is 25.2 Å². The molecule has 41 heavy (non-hydrogen) atoms. The molecule has 8 heteroatoms. The van der Waals surface area contributed by atoms with Crippen molar-refractivity contribution in [3.8, 4) is 0 Å². The molecule has 8 nitrogen and oxygen atoms in total. The number of aliphatic imine (C=N–C) groups is 1. The normalized spacial score (nSPS) is 52.7. The maximum absolute atomic E-state index is 13.9. The third kappa shape index (κ3) is 4.97. The van der Waals surface area contributed by atoms with Gasteiger partial charge in [-0.15, -0.1) is 0 Å². The molecule has 15 unspecified atom stereocenters. The van der Waals surface area contributed by atoms with Crippen molar-refractivity contribution in [3.05, 3.63) is 0 Å². The lowest BCUT2D eigenvalue weighted by molar-refractivity contribution is -0.315. The van der Waals surface area contributed by atoms with Crippen molar-refractivity contribution in [2.45, 2.75) is 129 Å². The van der Waals surface area contributed by atoms with Crippen molar-refractivity contribution in [1.82, 2.24) is 0 Å². The Labute approximate surface area is 245 Å². The molecule has 0 spiro atoms. The largest absolute Gasteiger partial charge is 0.394 e. The second-order valence-corrected chi connectivity index (χ2v) is 15.3. The number of ether oxygens (including phenoxy) is 2. The molecule has 6 aliphatic rings. The fourth-order valence-corrected chi connectivity index (χ4v) is 10.8. The molecule has 4 aliphatic carbocycles. The Hall–Kier alpha value is -0.900. The quantitative estimate of drug-likeness (QED) is 0.369. The van der Waals surface area contributed by atoms with Crippen LogP contribution in [0.4, 0.5) is 0 Å². The summed E-state index contributed by atoms with van der Waals surface area (Å²) < 4.78 is 11.8. The van der Waals surface area contributed by atoms with Crippen molar-refractivity contribution >= 4 is 11.5 Å². The first kappa shape index (κ1) is 30.1. The Morgan fingerprint density at radius 3 is 2.44 bits per heavy atom. The van der Waals surface area contributed by atoms with Crippen LogP contribution in [0.5, 0.6) is 0 Å². The number of rotatable bonds is 5. The van der Waals surface area contributed by atoms with Crippen LogP contribution in [0.3, 0.4) is 0 Å². The van der Waals surface area contributed by atoms with Gasteiger partial charge in [0.05, 0.1) is 12.7 Å². The highest BCUT2D eigenvalue weighted by Gasteiger charge is 2.63. The minimum absolute atomic E-state index is 0.0517.